The smallest absolute Gasteiger partial charge is 0.264 e. The van der Waals surface area contributed by atoms with E-state index in [0.29, 0.717) is 6.07 Å². The molecule has 0 bridgehead atoms. The van der Waals surface area contributed by atoms with Crippen molar-refractivity contribution >= 4 is 0 Å². The second-order valence-electron chi connectivity index (χ2n) is 2.04. The second-order valence-corrected chi connectivity index (χ2v) is 2.04. The molecular weight excluding hydrogens is 157 g/mol. The summed E-state index contributed by atoms with van der Waals surface area (Å²) < 4.78 is 36.0. The topological polar surface area (TPSA) is 20.2 Å². The Labute approximate surface area is 61.1 Å². The van der Waals surface area contributed by atoms with Crippen molar-refractivity contribution in [1.82, 2.24) is 0 Å². The molecule has 0 saturated carbocycles. The van der Waals surface area contributed by atoms with E-state index in [9.17, 15) is 13.2 Å². The highest BCUT2D eigenvalue weighted by atomic mass is 19.3. The molecular formula is C7H5F3O. The molecule has 1 rings (SSSR count). The predicted octanol–water partition coefficient (Wildman–Crippen LogP) is 2.47. The van der Waals surface area contributed by atoms with Crippen molar-refractivity contribution < 1.29 is 18.3 Å². The van der Waals surface area contributed by atoms with E-state index in [4.69, 9.17) is 5.11 Å². The molecule has 0 aromatic heterocycles. The van der Waals surface area contributed by atoms with Crippen LogP contribution in [-0.4, -0.2) is 5.11 Å². The molecule has 0 unspecified atom stereocenters. The van der Waals surface area contributed by atoms with Gasteiger partial charge in [0.05, 0.1) is 0 Å². The summed E-state index contributed by atoms with van der Waals surface area (Å²) in [4.78, 5) is 0. The molecule has 0 spiro atoms. The van der Waals surface area contributed by atoms with E-state index in [-0.39, 0.29) is 0 Å². The number of benzene rings is 1. The Hall–Kier alpha value is -1.19. The highest BCUT2D eigenvalue weighted by Gasteiger charge is 2.08. The third kappa shape index (κ3) is 1.86. The Morgan fingerprint density at radius 2 is 1.82 bits per heavy atom. The zero-order valence-electron chi connectivity index (χ0n) is 5.39. The van der Waals surface area contributed by atoms with Crippen LogP contribution in [0.15, 0.2) is 18.2 Å². The molecule has 0 saturated heterocycles. The fourth-order valence-electron chi connectivity index (χ4n) is 0.722. The number of phenolic OH excluding ortho intramolecular Hbond substituents is 1. The lowest BCUT2D eigenvalue weighted by atomic mass is 10.2. The Morgan fingerprint density at radius 1 is 1.18 bits per heavy atom. The Kier molecular flexibility index (Phi) is 2.03. The van der Waals surface area contributed by atoms with Gasteiger partial charge in [0.2, 0.25) is 0 Å². The lowest BCUT2D eigenvalue weighted by molar-refractivity contribution is 0.150. The van der Waals surface area contributed by atoms with Gasteiger partial charge in [-0.2, -0.15) is 0 Å². The van der Waals surface area contributed by atoms with Crippen molar-refractivity contribution in [3.63, 3.8) is 0 Å². The lowest BCUT2D eigenvalue weighted by Crippen LogP contribution is -1.85. The van der Waals surface area contributed by atoms with E-state index < -0.39 is 23.6 Å². The maximum Gasteiger partial charge on any atom is 0.264 e. The van der Waals surface area contributed by atoms with E-state index in [2.05, 4.69) is 0 Å². The molecule has 0 radical (unpaired) electrons. The van der Waals surface area contributed by atoms with Crippen LogP contribution in [-0.2, 0) is 0 Å². The van der Waals surface area contributed by atoms with Crippen molar-refractivity contribution in [1.29, 1.82) is 0 Å². The molecule has 1 aromatic carbocycles. The van der Waals surface area contributed by atoms with Gasteiger partial charge in [0.1, 0.15) is 11.6 Å². The first-order chi connectivity index (χ1) is 5.09. The number of hydrogen-bond donors (Lipinski definition) is 1. The molecule has 1 nitrogen and oxygen atoms in total. The Balaban J connectivity index is 3.08. The summed E-state index contributed by atoms with van der Waals surface area (Å²) in [6.45, 7) is 0. The summed E-state index contributed by atoms with van der Waals surface area (Å²) >= 11 is 0. The molecule has 0 aliphatic rings. The monoisotopic (exact) mass is 162 g/mol. The summed E-state index contributed by atoms with van der Waals surface area (Å²) in [5, 5.41) is 8.67. The van der Waals surface area contributed by atoms with Gasteiger partial charge < -0.3 is 5.11 Å². The minimum Gasteiger partial charge on any atom is -0.508 e. The average Bonchev–Trinajstić information content (AvgIpc) is 1.85. The highest BCUT2D eigenvalue weighted by molar-refractivity contribution is 5.28. The number of alkyl halides is 2. The standard InChI is InChI=1S/C7H5F3O/c8-5-1-4(7(9)10)2-6(11)3-5/h1-3,7,11H. The van der Waals surface area contributed by atoms with E-state index in [0.717, 1.165) is 12.1 Å². The SMILES string of the molecule is Oc1cc(F)cc(C(F)F)c1. The molecule has 0 aliphatic heterocycles. The fourth-order valence-corrected chi connectivity index (χ4v) is 0.722. The number of halogens is 3. The van der Waals surface area contributed by atoms with Crippen LogP contribution in [0.4, 0.5) is 13.2 Å². The Bertz CT molecular complexity index is 240. The minimum absolute atomic E-state index is 0.486. The summed E-state index contributed by atoms with van der Waals surface area (Å²) in [6.07, 6.45) is -2.75. The fraction of sp³-hybridized carbons (Fsp3) is 0.143. The maximum atomic E-state index is 12.3. The van der Waals surface area contributed by atoms with Crippen LogP contribution < -0.4 is 0 Å². The zero-order valence-corrected chi connectivity index (χ0v) is 5.39. The first-order valence-electron chi connectivity index (χ1n) is 2.87. The third-order valence-corrected chi connectivity index (χ3v) is 1.16. The molecule has 0 atom stereocenters. The highest BCUT2D eigenvalue weighted by Crippen LogP contribution is 2.23. The van der Waals surface area contributed by atoms with Crippen LogP contribution in [0.1, 0.15) is 12.0 Å². The quantitative estimate of drug-likeness (QED) is 0.672. The molecule has 60 valence electrons. The van der Waals surface area contributed by atoms with Crippen molar-refractivity contribution in [3.05, 3.63) is 29.6 Å². The first-order valence-corrected chi connectivity index (χ1v) is 2.87. The normalized spacial score (nSPS) is 10.5. The van der Waals surface area contributed by atoms with Crippen molar-refractivity contribution in [2.24, 2.45) is 0 Å². The molecule has 11 heavy (non-hydrogen) atoms. The van der Waals surface area contributed by atoms with Crippen LogP contribution >= 0.6 is 0 Å². The summed E-state index contributed by atoms with van der Waals surface area (Å²) in [5.41, 5.74) is -0.512. The van der Waals surface area contributed by atoms with Gasteiger partial charge in [-0.25, -0.2) is 13.2 Å². The van der Waals surface area contributed by atoms with Gasteiger partial charge in [-0.05, 0) is 12.1 Å². The first kappa shape index (κ1) is 7.91. The van der Waals surface area contributed by atoms with E-state index in [1.165, 1.54) is 0 Å². The molecule has 1 aromatic rings. The van der Waals surface area contributed by atoms with Crippen molar-refractivity contribution in [2.75, 3.05) is 0 Å². The molecule has 0 amide bonds. The number of hydrogen-bond acceptors (Lipinski definition) is 1. The summed E-state index contributed by atoms with van der Waals surface area (Å²) in [6, 6.07) is 2.28. The molecule has 4 heteroatoms. The van der Waals surface area contributed by atoms with Gasteiger partial charge in [-0.1, -0.05) is 0 Å². The van der Waals surface area contributed by atoms with Crippen LogP contribution in [0.3, 0.4) is 0 Å². The van der Waals surface area contributed by atoms with Crippen LogP contribution in [0.5, 0.6) is 5.75 Å². The summed E-state index contributed by atoms with van der Waals surface area (Å²) in [7, 11) is 0. The predicted molar refractivity (Wildman–Crippen MR) is 33.0 cm³/mol. The van der Waals surface area contributed by atoms with Gasteiger partial charge >= 0.3 is 0 Å². The van der Waals surface area contributed by atoms with Gasteiger partial charge in [-0.3, -0.25) is 0 Å². The van der Waals surface area contributed by atoms with Gasteiger partial charge in [0, 0.05) is 11.6 Å². The number of aromatic hydroxyl groups is 1. The number of rotatable bonds is 1. The van der Waals surface area contributed by atoms with Crippen molar-refractivity contribution in [2.45, 2.75) is 6.43 Å². The van der Waals surface area contributed by atoms with Gasteiger partial charge in [0.15, 0.2) is 0 Å². The summed E-state index contributed by atoms with van der Waals surface area (Å²) in [5.74, 6) is -1.35. The Morgan fingerprint density at radius 3 is 2.27 bits per heavy atom. The maximum absolute atomic E-state index is 12.3. The molecule has 0 heterocycles. The minimum atomic E-state index is -2.75. The molecule has 0 aliphatic carbocycles. The van der Waals surface area contributed by atoms with Crippen LogP contribution in [0.2, 0.25) is 0 Å². The largest absolute Gasteiger partial charge is 0.508 e. The second kappa shape index (κ2) is 2.82. The van der Waals surface area contributed by atoms with Crippen LogP contribution in [0, 0.1) is 5.82 Å². The van der Waals surface area contributed by atoms with Gasteiger partial charge in [-0.15, -0.1) is 0 Å². The van der Waals surface area contributed by atoms with E-state index in [1.807, 2.05) is 0 Å². The van der Waals surface area contributed by atoms with E-state index in [1.54, 1.807) is 0 Å². The van der Waals surface area contributed by atoms with E-state index >= 15 is 0 Å². The molecule has 0 fully saturated rings. The zero-order chi connectivity index (χ0) is 8.43. The van der Waals surface area contributed by atoms with Crippen molar-refractivity contribution in [3.8, 4) is 5.75 Å². The third-order valence-electron chi connectivity index (χ3n) is 1.16. The number of phenols is 1. The van der Waals surface area contributed by atoms with Gasteiger partial charge in [0.25, 0.3) is 6.43 Å². The van der Waals surface area contributed by atoms with Crippen LogP contribution in [0.25, 0.3) is 0 Å². The molecule has 1 N–H and O–H groups in total. The lowest BCUT2D eigenvalue weighted by Gasteiger charge is -1.99. The average molecular weight is 162 g/mol.